The minimum atomic E-state index is -0.683. The van der Waals surface area contributed by atoms with E-state index < -0.39 is 6.10 Å². The number of benzene rings is 1. The number of amides is 1. The first kappa shape index (κ1) is 14.8. The summed E-state index contributed by atoms with van der Waals surface area (Å²) in [5.74, 6) is 0.149. The van der Waals surface area contributed by atoms with Gasteiger partial charge < -0.3 is 4.74 Å². The molecule has 108 valence electrons. The van der Waals surface area contributed by atoms with Crippen LogP contribution in [0, 0.1) is 0 Å². The zero-order valence-corrected chi connectivity index (χ0v) is 13.3. The summed E-state index contributed by atoms with van der Waals surface area (Å²) in [6, 6.07) is 5.78. The summed E-state index contributed by atoms with van der Waals surface area (Å²) >= 11 is 3.42. The van der Waals surface area contributed by atoms with Gasteiger partial charge in [0.2, 0.25) is 5.88 Å². The number of carbonyl (C=O) groups excluding carboxylic acids is 1. The Bertz CT molecular complexity index is 641. The van der Waals surface area contributed by atoms with Crippen LogP contribution >= 0.6 is 15.9 Å². The molecule has 0 N–H and O–H groups in total. The second-order valence-electron chi connectivity index (χ2n) is 4.37. The maximum Gasteiger partial charge on any atom is 0.286 e. The summed E-state index contributed by atoms with van der Waals surface area (Å²) in [5, 5.41) is 6.28. The van der Waals surface area contributed by atoms with Gasteiger partial charge in [-0.2, -0.15) is 0 Å². The molecule has 6 nitrogen and oxygen atoms in total. The molecule has 0 aliphatic carbocycles. The molecule has 0 radical (unpaired) electrons. The molecule has 0 aliphatic heterocycles. The second kappa shape index (κ2) is 5.80. The Morgan fingerprint density at radius 3 is 2.85 bits per heavy atom. The molecule has 1 aromatic heterocycles. The van der Waals surface area contributed by atoms with Crippen molar-refractivity contribution in [3.8, 4) is 5.88 Å². The number of carbonyl (C=O) groups is 1. The first-order chi connectivity index (χ1) is 9.43. The van der Waals surface area contributed by atoms with Gasteiger partial charge in [0.1, 0.15) is 0 Å². The first-order valence-corrected chi connectivity index (χ1v) is 6.84. The number of rotatable bonds is 4. The van der Waals surface area contributed by atoms with Gasteiger partial charge in [-0.3, -0.25) is 14.3 Å². The van der Waals surface area contributed by atoms with Crippen molar-refractivity contribution < 1.29 is 14.4 Å². The van der Waals surface area contributed by atoms with E-state index in [1.807, 2.05) is 25.2 Å². The number of aromatic nitrogens is 2. The third kappa shape index (κ3) is 2.78. The van der Waals surface area contributed by atoms with Gasteiger partial charge >= 0.3 is 0 Å². The fourth-order valence-corrected chi connectivity index (χ4v) is 2.22. The maximum absolute atomic E-state index is 11.9. The summed E-state index contributed by atoms with van der Waals surface area (Å²) in [5.41, 5.74) is 0.933. The molecule has 20 heavy (non-hydrogen) atoms. The highest BCUT2D eigenvalue weighted by Gasteiger charge is 2.22. The van der Waals surface area contributed by atoms with Crippen LogP contribution in [-0.2, 0) is 16.7 Å². The highest BCUT2D eigenvalue weighted by atomic mass is 79.9. The summed E-state index contributed by atoms with van der Waals surface area (Å²) in [4.78, 5) is 16.8. The zero-order chi connectivity index (χ0) is 14.9. The van der Waals surface area contributed by atoms with Crippen LogP contribution in [0.4, 0.5) is 0 Å². The molecule has 0 fully saturated rings. The van der Waals surface area contributed by atoms with Crippen molar-refractivity contribution in [3.63, 3.8) is 0 Å². The predicted molar refractivity (Wildman–Crippen MR) is 78.3 cm³/mol. The first-order valence-electron chi connectivity index (χ1n) is 6.04. The Balaban J connectivity index is 2.30. The topological polar surface area (TPSA) is 56.6 Å². The monoisotopic (exact) mass is 341 g/mol. The molecule has 2 rings (SSSR count). The summed E-state index contributed by atoms with van der Waals surface area (Å²) in [6.07, 6.45) is -0.683. The van der Waals surface area contributed by atoms with E-state index in [0.29, 0.717) is 5.88 Å². The van der Waals surface area contributed by atoms with E-state index in [-0.39, 0.29) is 5.91 Å². The molecule has 7 heteroatoms. The molecule has 0 unspecified atom stereocenters. The van der Waals surface area contributed by atoms with E-state index in [4.69, 9.17) is 9.57 Å². The average Bonchev–Trinajstić information content (AvgIpc) is 2.73. The molecule has 0 saturated carbocycles. The van der Waals surface area contributed by atoms with Gasteiger partial charge in [-0.25, -0.2) is 5.06 Å². The van der Waals surface area contributed by atoms with E-state index in [1.165, 1.54) is 14.2 Å². The smallest absolute Gasteiger partial charge is 0.286 e. The van der Waals surface area contributed by atoms with Gasteiger partial charge in [-0.05, 0) is 25.1 Å². The van der Waals surface area contributed by atoms with Crippen molar-refractivity contribution in [1.82, 2.24) is 14.8 Å². The van der Waals surface area contributed by atoms with Gasteiger partial charge in [0.05, 0.1) is 18.0 Å². The maximum atomic E-state index is 11.9. The molecule has 0 aliphatic rings. The van der Waals surface area contributed by atoms with Crippen LogP contribution in [-0.4, -0.2) is 41.0 Å². The highest BCUT2D eigenvalue weighted by Crippen LogP contribution is 2.28. The SMILES string of the molecule is CON(C)C(=O)[C@@H](C)Oc1nn(C)c2ccc(Br)cc12. The number of ether oxygens (including phenoxy) is 1. The van der Waals surface area contributed by atoms with Crippen LogP contribution in [0.5, 0.6) is 5.88 Å². The molecule has 1 aromatic carbocycles. The minimum Gasteiger partial charge on any atom is -0.463 e. The quantitative estimate of drug-likeness (QED) is 0.799. The van der Waals surface area contributed by atoms with Gasteiger partial charge in [-0.1, -0.05) is 15.9 Å². The number of hydroxylamine groups is 2. The number of halogens is 1. The third-order valence-electron chi connectivity index (χ3n) is 3.00. The number of hydrogen-bond acceptors (Lipinski definition) is 4. The average molecular weight is 342 g/mol. The number of aryl methyl sites for hydroxylation is 1. The van der Waals surface area contributed by atoms with Crippen LogP contribution in [0.3, 0.4) is 0 Å². The van der Waals surface area contributed by atoms with Gasteiger partial charge in [0, 0.05) is 18.6 Å². The second-order valence-corrected chi connectivity index (χ2v) is 5.28. The standard InChI is InChI=1S/C13H16BrN3O3/c1-8(13(18)17(3)19-4)20-12-10-7-9(14)5-6-11(10)16(2)15-12/h5-8H,1-4H3/t8-/m1/s1. The van der Waals surface area contributed by atoms with Crippen LogP contribution in [0.25, 0.3) is 10.9 Å². The number of fused-ring (bicyclic) bond motifs is 1. The molecule has 0 bridgehead atoms. The lowest BCUT2D eigenvalue weighted by atomic mass is 10.2. The number of likely N-dealkylation sites (N-methyl/N-ethyl adjacent to an activating group) is 1. The molecule has 1 heterocycles. The van der Waals surface area contributed by atoms with Gasteiger partial charge in [0.25, 0.3) is 5.91 Å². The van der Waals surface area contributed by atoms with E-state index in [1.54, 1.807) is 11.6 Å². The Morgan fingerprint density at radius 2 is 2.20 bits per heavy atom. The largest absolute Gasteiger partial charge is 0.463 e. The fraction of sp³-hybridized carbons (Fsp3) is 0.385. The van der Waals surface area contributed by atoms with Crippen molar-refractivity contribution >= 4 is 32.7 Å². The van der Waals surface area contributed by atoms with Crippen LogP contribution in [0.15, 0.2) is 22.7 Å². The minimum absolute atomic E-state index is 0.277. The molecule has 1 amide bonds. The molecule has 2 aromatic rings. The lowest BCUT2D eigenvalue weighted by Gasteiger charge is -2.18. The Hall–Kier alpha value is -1.60. The molecule has 0 saturated heterocycles. The lowest BCUT2D eigenvalue weighted by molar-refractivity contribution is -0.175. The Kier molecular flexibility index (Phi) is 4.29. The third-order valence-corrected chi connectivity index (χ3v) is 3.49. The van der Waals surface area contributed by atoms with Crippen molar-refractivity contribution in [3.05, 3.63) is 22.7 Å². The molecule has 0 spiro atoms. The van der Waals surface area contributed by atoms with Crippen LogP contribution in [0.1, 0.15) is 6.92 Å². The van der Waals surface area contributed by atoms with Gasteiger partial charge in [0.15, 0.2) is 6.10 Å². The zero-order valence-electron chi connectivity index (χ0n) is 11.8. The summed E-state index contributed by atoms with van der Waals surface area (Å²) < 4.78 is 8.31. The summed E-state index contributed by atoms with van der Waals surface area (Å²) in [7, 11) is 4.80. The van der Waals surface area contributed by atoms with Crippen molar-refractivity contribution in [2.75, 3.05) is 14.2 Å². The van der Waals surface area contributed by atoms with Crippen LogP contribution in [0.2, 0.25) is 0 Å². The van der Waals surface area contributed by atoms with Crippen LogP contribution < -0.4 is 4.74 Å². The number of nitrogens with zero attached hydrogens (tertiary/aromatic N) is 3. The molecular weight excluding hydrogens is 326 g/mol. The molecule has 1 atom stereocenters. The lowest BCUT2D eigenvalue weighted by Crippen LogP contribution is -2.37. The van der Waals surface area contributed by atoms with E-state index in [2.05, 4.69) is 21.0 Å². The highest BCUT2D eigenvalue weighted by molar-refractivity contribution is 9.10. The number of hydrogen-bond donors (Lipinski definition) is 0. The van der Waals surface area contributed by atoms with Gasteiger partial charge in [-0.15, -0.1) is 5.10 Å². The molecular formula is C13H16BrN3O3. The Morgan fingerprint density at radius 1 is 1.50 bits per heavy atom. The van der Waals surface area contributed by atoms with Crippen molar-refractivity contribution in [2.24, 2.45) is 7.05 Å². The summed E-state index contributed by atoms with van der Waals surface area (Å²) in [6.45, 7) is 1.66. The fourth-order valence-electron chi connectivity index (χ4n) is 1.86. The Labute approximate surface area is 125 Å². The predicted octanol–water partition coefficient (Wildman–Crippen LogP) is 2.12. The van der Waals surface area contributed by atoms with Crippen molar-refractivity contribution in [2.45, 2.75) is 13.0 Å². The van der Waals surface area contributed by atoms with Crippen molar-refractivity contribution in [1.29, 1.82) is 0 Å². The van der Waals surface area contributed by atoms with E-state index in [9.17, 15) is 4.79 Å². The normalized spacial score (nSPS) is 12.4. The van der Waals surface area contributed by atoms with E-state index >= 15 is 0 Å². The van der Waals surface area contributed by atoms with E-state index in [0.717, 1.165) is 20.4 Å².